The first-order valence-electron chi connectivity index (χ1n) is 5.14. The van der Waals surface area contributed by atoms with Crippen LogP contribution in [0.4, 0.5) is 18.9 Å². The van der Waals surface area contributed by atoms with E-state index < -0.39 is 22.5 Å². The van der Waals surface area contributed by atoms with Crippen LogP contribution in [0.1, 0.15) is 25.8 Å². The minimum Gasteiger partial charge on any atom is -0.398 e. The van der Waals surface area contributed by atoms with Crippen LogP contribution in [-0.4, -0.2) is 9.46 Å². The third-order valence-corrected chi connectivity index (χ3v) is 4.36. The van der Waals surface area contributed by atoms with Gasteiger partial charge in [0.05, 0.1) is 21.3 Å². The van der Waals surface area contributed by atoms with Crippen molar-refractivity contribution >= 4 is 16.5 Å². The van der Waals surface area contributed by atoms with Gasteiger partial charge in [0.1, 0.15) is 0 Å². The lowest BCUT2D eigenvalue weighted by Gasteiger charge is -2.13. The van der Waals surface area contributed by atoms with Gasteiger partial charge in [-0.15, -0.1) is 0 Å². The topological polar surface area (TPSA) is 43.1 Å². The highest BCUT2D eigenvalue weighted by molar-refractivity contribution is 7.85. The lowest BCUT2D eigenvalue weighted by molar-refractivity contribution is -0.137. The van der Waals surface area contributed by atoms with Crippen molar-refractivity contribution in [1.29, 1.82) is 0 Å². The number of nitrogens with two attached hydrogens (primary N) is 1. The number of rotatable bonds is 3. The fourth-order valence-corrected chi connectivity index (χ4v) is 2.51. The van der Waals surface area contributed by atoms with E-state index in [0.29, 0.717) is 6.42 Å². The molecule has 0 heterocycles. The van der Waals surface area contributed by atoms with Gasteiger partial charge in [0.2, 0.25) is 0 Å². The van der Waals surface area contributed by atoms with Crippen molar-refractivity contribution < 1.29 is 17.4 Å². The maximum atomic E-state index is 12.4. The van der Waals surface area contributed by atoms with Gasteiger partial charge in [-0.1, -0.05) is 13.8 Å². The zero-order chi connectivity index (χ0) is 13.2. The molecule has 0 aromatic heterocycles. The van der Waals surface area contributed by atoms with Crippen molar-refractivity contribution in [2.45, 2.75) is 36.6 Å². The van der Waals surface area contributed by atoms with Crippen LogP contribution in [-0.2, 0) is 17.0 Å². The van der Waals surface area contributed by atoms with Gasteiger partial charge in [-0.3, -0.25) is 4.21 Å². The van der Waals surface area contributed by atoms with Crippen molar-refractivity contribution in [3.8, 4) is 0 Å². The molecule has 2 unspecified atom stereocenters. The van der Waals surface area contributed by atoms with E-state index in [1.807, 2.05) is 6.92 Å². The molecular formula is C11H14F3NOS. The lowest BCUT2D eigenvalue weighted by Crippen LogP contribution is -2.13. The highest BCUT2D eigenvalue weighted by Gasteiger charge is 2.31. The molecule has 0 bridgehead atoms. The summed E-state index contributed by atoms with van der Waals surface area (Å²) in [7, 11) is -1.37. The minimum absolute atomic E-state index is 0.0709. The van der Waals surface area contributed by atoms with E-state index in [4.69, 9.17) is 5.73 Å². The highest BCUT2D eigenvalue weighted by Crippen LogP contribution is 2.32. The Morgan fingerprint density at radius 2 is 2.00 bits per heavy atom. The minimum atomic E-state index is -4.43. The molecule has 17 heavy (non-hydrogen) atoms. The molecule has 0 radical (unpaired) electrons. The summed E-state index contributed by atoms with van der Waals surface area (Å²) >= 11 is 0. The molecular weight excluding hydrogens is 251 g/mol. The van der Waals surface area contributed by atoms with Gasteiger partial charge in [0, 0.05) is 10.9 Å². The van der Waals surface area contributed by atoms with E-state index in [9.17, 15) is 17.4 Å². The Bertz CT molecular complexity index is 431. The van der Waals surface area contributed by atoms with Crippen LogP contribution < -0.4 is 5.73 Å². The Kier molecular flexibility index (Phi) is 4.19. The molecule has 1 aromatic carbocycles. The molecule has 0 fully saturated rings. The molecule has 0 spiro atoms. The third kappa shape index (κ3) is 3.21. The molecule has 0 aliphatic heterocycles. The maximum Gasteiger partial charge on any atom is 0.416 e. The van der Waals surface area contributed by atoms with E-state index in [0.717, 1.165) is 12.1 Å². The average molecular weight is 265 g/mol. The second-order valence-corrected chi connectivity index (χ2v) is 5.61. The molecule has 2 atom stereocenters. The number of anilines is 1. The van der Waals surface area contributed by atoms with Crippen LogP contribution >= 0.6 is 0 Å². The molecule has 0 saturated carbocycles. The molecule has 6 heteroatoms. The van der Waals surface area contributed by atoms with Crippen LogP contribution in [0.15, 0.2) is 23.1 Å². The van der Waals surface area contributed by atoms with Crippen molar-refractivity contribution in [3.05, 3.63) is 23.8 Å². The SMILES string of the molecule is CCC(C)S(=O)c1ccc(C(F)(F)F)cc1N. The van der Waals surface area contributed by atoms with E-state index in [-0.39, 0.29) is 15.8 Å². The summed E-state index contributed by atoms with van der Waals surface area (Å²) < 4.78 is 49.1. The highest BCUT2D eigenvalue weighted by atomic mass is 32.2. The molecule has 1 rings (SSSR count). The quantitative estimate of drug-likeness (QED) is 0.853. The van der Waals surface area contributed by atoms with E-state index in [2.05, 4.69) is 0 Å². The molecule has 2 nitrogen and oxygen atoms in total. The van der Waals surface area contributed by atoms with E-state index >= 15 is 0 Å². The average Bonchev–Trinajstić information content (AvgIpc) is 2.25. The van der Waals surface area contributed by atoms with Crippen LogP contribution in [0.3, 0.4) is 0 Å². The van der Waals surface area contributed by atoms with Crippen molar-refractivity contribution in [3.63, 3.8) is 0 Å². The molecule has 0 saturated heterocycles. The van der Waals surface area contributed by atoms with Gasteiger partial charge < -0.3 is 5.73 Å². The van der Waals surface area contributed by atoms with Crippen LogP contribution in [0.5, 0.6) is 0 Å². The van der Waals surface area contributed by atoms with Gasteiger partial charge in [-0.05, 0) is 24.6 Å². The Labute approximate surface area is 100 Å². The predicted molar refractivity (Wildman–Crippen MR) is 62.0 cm³/mol. The van der Waals surface area contributed by atoms with Crippen LogP contribution in [0.2, 0.25) is 0 Å². The van der Waals surface area contributed by atoms with Gasteiger partial charge in [-0.2, -0.15) is 13.2 Å². The number of hydrogen-bond acceptors (Lipinski definition) is 2. The van der Waals surface area contributed by atoms with E-state index in [1.165, 1.54) is 6.07 Å². The summed E-state index contributed by atoms with van der Waals surface area (Å²) in [6.45, 7) is 3.63. The summed E-state index contributed by atoms with van der Waals surface area (Å²) in [6, 6.07) is 2.93. The maximum absolute atomic E-state index is 12.4. The van der Waals surface area contributed by atoms with Crippen molar-refractivity contribution in [2.24, 2.45) is 0 Å². The first-order valence-corrected chi connectivity index (χ1v) is 6.36. The summed E-state index contributed by atoms with van der Waals surface area (Å²) in [4.78, 5) is 0.271. The van der Waals surface area contributed by atoms with E-state index in [1.54, 1.807) is 6.92 Å². The number of halogens is 3. The molecule has 1 aromatic rings. The molecule has 96 valence electrons. The third-order valence-electron chi connectivity index (χ3n) is 2.49. The van der Waals surface area contributed by atoms with Gasteiger partial charge >= 0.3 is 6.18 Å². The van der Waals surface area contributed by atoms with Gasteiger partial charge in [-0.25, -0.2) is 0 Å². The Morgan fingerprint density at radius 1 is 1.41 bits per heavy atom. The summed E-state index contributed by atoms with van der Waals surface area (Å²) in [5.41, 5.74) is 4.63. The molecule has 0 aliphatic rings. The smallest absolute Gasteiger partial charge is 0.398 e. The second-order valence-electron chi connectivity index (χ2n) is 3.77. The van der Waals surface area contributed by atoms with Crippen molar-refractivity contribution in [1.82, 2.24) is 0 Å². The predicted octanol–water partition coefficient (Wildman–Crippen LogP) is 3.19. The first-order chi connectivity index (χ1) is 7.77. The zero-order valence-corrected chi connectivity index (χ0v) is 10.4. The van der Waals surface area contributed by atoms with Gasteiger partial charge in [0.15, 0.2) is 0 Å². The number of alkyl halides is 3. The lowest BCUT2D eigenvalue weighted by atomic mass is 10.2. The summed E-state index contributed by atoms with van der Waals surface area (Å²) in [5.74, 6) is 0. The van der Waals surface area contributed by atoms with Crippen LogP contribution in [0.25, 0.3) is 0 Å². The standard InChI is InChI=1S/C11H14F3NOS/c1-3-7(2)17(16)10-5-4-8(6-9(10)15)11(12,13)14/h4-7H,3,15H2,1-2H3. The molecule has 0 amide bonds. The molecule has 2 N–H and O–H groups in total. The second kappa shape index (κ2) is 5.08. The number of benzene rings is 1. The fourth-order valence-electron chi connectivity index (χ4n) is 1.28. The summed E-state index contributed by atoms with van der Waals surface area (Å²) in [6.07, 6.45) is -3.75. The van der Waals surface area contributed by atoms with Crippen LogP contribution in [0, 0.1) is 0 Å². The number of hydrogen-bond donors (Lipinski definition) is 1. The number of nitrogen functional groups attached to an aromatic ring is 1. The Morgan fingerprint density at radius 3 is 2.41 bits per heavy atom. The fraction of sp³-hybridized carbons (Fsp3) is 0.455. The Balaban J connectivity index is 3.11. The first kappa shape index (κ1) is 14.0. The Hall–Kier alpha value is -1.04. The largest absolute Gasteiger partial charge is 0.416 e. The molecule has 0 aliphatic carbocycles. The monoisotopic (exact) mass is 265 g/mol. The van der Waals surface area contributed by atoms with Gasteiger partial charge in [0.25, 0.3) is 0 Å². The zero-order valence-electron chi connectivity index (χ0n) is 9.54. The van der Waals surface area contributed by atoms with Crippen molar-refractivity contribution in [2.75, 3.05) is 5.73 Å². The summed E-state index contributed by atoms with van der Waals surface area (Å²) in [5, 5.41) is -0.131. The normalized spacial score (nSPS) is 15.6.